The predicted octanol–water partition coefficient (Wildman–Crippen LogP) is 1.10. The molecule has 1 saturated heterocycles. The SMILES string of the molecule is I.NC(=NCC1(CO)CCOCC1)NCC1CCC1. The number of aliphatic hydroxyl groups excluding tert-OH is 1. The molecule has 0 unspecified atom stereocenters. The quantitative estimate of drug-likeness (QED) is 0.377. The van der Waals surface area contributed by atoms with Gasteiger partial charge in [-0.25, -0.2) is 0 Å². The maximum absolute atomic E-state index is 9.53. The van der Waals surface area contributed by atoms with Crippen LogP contribution in [0.5, 0.6) is 0 Å². The van der Waals surface area contributed by atoms with Crippen LogP contribution in [0.2, 0.25) is 0 Å². The van der Waals surface area contributed by atoms with Crippen molar-refractivity contribution in [3.8, 4) is 0 Å². The topological polar surface area (TPSA) is 79.9 Å². The summed E-state index contributed by atoms with van der Waals surface area (Å²) in [6, 6.07) is 0. The monoisotopic (exact) mass is 383 g/mol. The van der Waals surface area contributed by atoms with Gasteiger partial charge in [0.25, 0.3) is 0 Å². The second kappa shape index (κ2) is 8.26. The standard InChI is InChI=1S/C13H25N3O2.HI/c14-12(15-8-11-2-1-3-11)16-9-13(10-17)4-6-18-7-5-13;/h11,17H,1-10H2,(H3,14,15,16);1H. The Morgan fingerprint density at radius 1 is 1.37 bits per heavy atom. The number of hydrogen-bond acceptors (Lipinski definition) is 3. The van der Waals surface area contributed by atoms with Gasteiger partial charge in [0.2, 0.25) is 0 Å². The molecule has 5 nitrogen and oxygen atoms in total. The summed E-state index contributed by atoms with van der Waals surface area (Å²) in [7, 11) is 0. The van der Waals surface area contributed by atoms with Crippen LogP contribution in [0.3, 0.4) is 0 Å². The van der Waals surface area contributed by atoms with E-state index in [0.29, 0.717) is 25.7 Å². The first-order valence-electron chi connectivity index (χ1n) is 6.96. The van der Waals surface area contributed by atoms with E-state index in [1.165, 1.54) is 19.3 Å². The van der Waals surface area contributed by atoms with Gasteiger partial charge in [0, 0.05) is 25.2 Å². The molecule has 4 N–H and O–H groups in total. The predicted molar refractivity (Wildman–Crippen MR) is 86.8 cm³/mol. The number of rotatable bonds is 5. The lowest BCUT2D eigenvalue weighted by Gasteiger charge is -2.34. The highest BCUT2D eigenvalue weighted by atomic mass is 127. The molecule has 1 saturated carbocycles. The van der Waals surface area contributed by atoms with Gasteiger partial charge in [-0.05, 0) is 31.6 Å². The summed E-state index contributed by atoms with van der Waals surface area (Å²) in [5, 5.41) is 12.7. The Labute approximate surface area is 132 Å². The Morgan fingerprint density at radius 2 is 2.05 bits per heavy atom. The minimum Gasteiger partial charge on any atom is -0.396 e. The van der Waals surface area contributed by atoms with Crippen LogP contribution in [-0.4, -0.2) is 44.0 Å². The highest BCUT2D eigenvalue weighted by Crippen LogP contribution is 2.30. The summed E-state index contributed by atoms with van der Waals surface area (Å²) in [4.78, 5) is 4.39. The van der Waals surface area contributed by atoms with Gasteiger partial charge >= 0.3 is 0 Å². The van der Waals surface area contributed by atoms with Crippen LogP contribution in [-0.2, 0) is 4.74 Å². The van der Waals surface area contributed by atoms with E-state index in [-0.39, 0.29) is 36.0 Å². The van der Waals surface area contributed by atoms with Gasteiger partial charge < -0.3 is 20.9 Å². The zero-order valence-corrected chi connectivity index (χ0v) is 13.8. The summed E-state index contributed by atoms with van der Waals surface area (Å²) < 4.78 is 5.33. The summed E-state index contributed by atoms with van der Waals surface area (Å²) in [5.41, 5.74) is 5.73. The fourth-order valence-electron chi connectivity index (χ4n) is 2.43. The van der Waals surface area contributed by atoms with Crippen LogP contribution in [0.25, 0.3) is 0 Å². The number of ether oxygens (including phenoxy) is 1. The summed E-state index contributed by atoms with van der Waals surface area (Å²) >= 11 is 0. The minimum atomic E-state index is -0.124. The molecule has 0 radical (unpaired) electrons. The number of nitrogens with one attached hydrogen (secondary N) is 1. The fourth-order valence-corrected chi connectivity index (χ4v) is 2.43. The number of aliphatic imine (C=N–C) groups is 1. The molecule has 0 bridgehead atoms. The average molecular weight is 383 g/mol. The van der Waals surface area contributed by atoms with E-state index in [1.807, 2.05) is 0 Å². The van der Waals surface area contributed by atoms with Gasteiger partial charge in [-0.1, -0.05) is 6.42 Å². The Bertz CT molecular complexity index is 290. The number of hydrogen-bond donors (Lipinski definition) is 3. The van der Waals surface area contributed by atoms with Crippen LogP contribution in [0.15, 0.2) is 4.99 Å². The Hall–Kier alpha value is -0.0800. The molecule has 19 heavy (non-hydrogen) atoms. The molecule has 0 aromatic heterocycles. The molecular weight excluding hydrogens is 357 g/mol. The number of nitrogens with two attached hydrogens (primary N) is 1. The molecule has 112 valence electrons. The molecule has 0 aromatic carbocycles. The van der Waals surface area contributed by atoms with E-state index >= 15 is 0 Å². The molecule has 0 atom stereocenters. The lowest BCUT2D eigenvalue weighted by atomic mass is 9.81. The van der Waals surface area contributed by atoms with E-state index in [4.69, 9.17) is 10.5 Å². The zero-order valence-electron chi connectivity index (χ0n) is 11.4. The molecule has 1 aliphatic heterocycles. The molecular formula is C13H26IN3O2. The summed E-state index contributed by atoms with van der Waals surface area (Å²) in [6.07, 6.45) is 5.68. The first-order chi connectivity index (χ1) is 8.74. The molecule has 2 aliphatic rings. The minimum absolute atomic E-state index is 0. The molecule has 0 amide bonds. The van der Waals surface area contributed by atoms with Crippen LogP contribution < -0.4 is 11.1 Å². The van der Waals surface area contributed by atoms with Crippen molar-refractivity contribution < 1.29 is 9.84 Å². The maximum atomic E-state index is 9.53. The van der Waals surface area contributed by atoms with Crippen LogP contribution in [0, 0.1) is 11.3 Å². The molecule has 1 aliphatic carbocycles. The number of halogens is 1. The molecule has 2 rings (SSSR count). The van der Waals surface area contributed by atoms with Gasteiger partial charge in [0.1, 0.15) is 0 Å². The third-order valence-corrected chi connectivity index (χ3v) is 4.27. The third-order valence-electron chi connectivity index (χ3n) is 4.27. The van der Waals surface area contributed by atoms with Crippen molar-refractivity contribution in [2.24, 2.45) is 22.1 Å². The number of guanidine groups is 1. The van der Waals surface area contributed by atoms with Crippen LogP contribution in [0.1, 0.15) is 32.1 Å². The lowest BCUT2D eigenvalue weighted by molar-refractivity contribution is -0.0106. The van der Waals surface area contributed by atoms with Crippen molar-refractivity contribution in [3.05, 3.63) is 0 Å². The average Bonchev–Trinajstić information content (AvgIpc) is 2.36. The van der Waals surface area contributed by atoms with Crippen molar-refractivity contribution in [3.63, 3.8) is 0 Å². The van der Waals surface area contributed by atoms with Crippen molar-refractivity contribution in [2.45, 2.75) is 32.1 Å². The molecule has 6 heteroatoms. The molecule has 0 spiro atoms. The van der Waals surface area contributed by atoms with E-state index in [0.717, 1.165) is 25.3 Å². The number of nitrogens with zero attached hydrogens (tertiary/aromatic N) is 1. The van der Waals surface area contributed by atoms with Crippen molar-refractivity contribution in [1.29, 1.82) is 0 Å². The van der Waals surface area contributed by atoms with Crippen molar-refractivity contribution in [2.75, 3.05) is 32.9 Å². The normalized spacial score (nSPS) is 23.3. The second-order valence-electron chi connectivity index (χ2n) is 5.65. The summed E-state index contributed by atoms with van der Waals surface area (Å²) in [5.74, 6) is 1.29. The maximum Gasteiger partial charge on any atom is 0.188 e. The Balaban J connectivity index is 0.00000180. The van der Waals surface area contributed by atoms with E-state index < -0.39 is 0 Å². The summed E-state index contributed by atoms with van der Waals surface area (Å²) in [6.45, 7) is 3.12. The van der Waals surface area contributed by atoms with Crippen molar-refractivity contribution >= 4 is 29.9 Å². The largest absolute Gasteiger partial charge is 0.396 e. The zero-order chi connectivity index (χ0) is 12.8. The van der Waals surface area contributed by atoms with Gasteiger partial charge in [-0.2, -0.15) is 0 Å². The first-order valence-corrected chi connectivity index (χ1v) is 6.96. The lowest BCUT2D eigenvalue weighted by Crippen LogP contribution is -2.40. The molecule has 2 fully saturated rings. The fraction of sp³-hybridized carbons (Fsp3) is 0.923. The van der Waals surface area contributed by atoms with Gasteiger partial charge in [0.05, 0.1) is 13.2 Å². The smallest absolute Gasteiger partial charge is 0.188 e. The van der Waals surface area contributed by atoms with E-state index in [9.17, 15) is 5.11 Å². The van der Waals surface area contributed by atoms with Gasteiger partial charge in [-0.3, -0.25) is 4.99 Å². The molecule has 0 aromatic rings. The Kier molecular flexibility index (Phi) is 7.38. The second-order valence-corrected chi connectivity index (χ2v) is 5.65. The number of aliphatic hydroxyl groups is 1. The highest BCUT2D eigenvalue weighted by molar-refractivity contribution is 14.0. The highest BCUT2D eigenvalue weighted by Gasteiger charge is 2.31. The van der Waals surface area contributed by atoms with Gasteiger partial charge in [-0.15, -0.1) is 24.0 Å². The van der Waals surface area contributed by atoms with E-state index in [1.54, 1.807) is 0 Å². The van der Waals surface area contributed by atoms with Crippen LogP contribution >= 0.6 is 24.0 Å². The van der Waals surface area contributed by atoms with E-state index in [2.05, 4.69) is 10.3 Å². The third kappa shape index (κ3) is 5.07. The Morgan fingerprint density at radius 3 is 2.58 bits per heavy atom. The first kappa shape index (κ1) is 17.0. The van der Waals surface area contributed by atoms with Gasteiger partial charge in [0.15, 0.2) is 5.96 Å². The van der Waals surface area contributed by atoms with Crippen LogP contribution in [0.4, 0.5) is 0 Å². The molecule has 1 heterocycles. The van der Waals surface area contributed by atoms with Crippen molar-refractivity contribution in [1.82, 2.24) is 5.32 Å².